The molecule has 1 amide bonds. The van der Waals surface area contributed by atoms with Crippen molar-refractivity contribution in [2.45, 2.75) is 19.6 Å². The molecule has 0 saturated carbocycles. The second kappa shape index (κ2) is 7.58. The second-order valence-corrected chi connectivity index (χ2v) is 6.00. The Morgan fingerprint density at radius 2 is 2.16 bits per heavy atom. The van der Waals surface area contributed by atoms with Crippen LogP contribution in [0.15, 0.2) is 35.1 Å². The Balaban J connectivity index is 1.74. The normalized spacial score (nSPS) is 17.5. The number of carbonyl (C=O) groups is 1. The molecular formula is C18H21N3O4. The molecule has 1 fully saturated rings. The molecule has 0 aliphatic carbocycles. The highest BCUT2D eigenvalue weighted by Crippen LogP contribution is 2.21. The Bertz CT molecular complexity index is 801. The van der Waals surface area contributed by atoms with E-state index in [9.17, 15) is 9.59 Å². The van der Waals surface area contributed by atoms with Crippen molar-refractivity contribution in [3.05, 3.63) is 63.3 Å². The monoisotopic (exact) mass is 343 g/mol. The first-order valence-electron chi connectivity index (χ1n) is 8.13. The molecule has 132 valence electrons. The van der Waals surface area contributed by atoms with Gasteiger partial charge < -0.3 is 19.4 Å². The van der Waals surface area contributed by atoms with E-state index in [0.29, 0.717) is 43.4 Å². The van der Waals surface area contributed by atoms with Crippen LogP contribution < -0.4 is 5.56 Å². The van der Waals surface area contributed by atoms with Gasteiger partial charge in [0, 0.05) is 25.3 Å². The highest BCUT2D eigenvalue weighted by molar-refractivity contribution is 5.94. The minimum Gasteiger partial charge on any atom is -0.380 e. The van der Waals surface area contributed by atoms with Crippen molar-refractivity contribution >= 4 is 5.91 Å². The van der Waals surface area contributed by atoms with E-state index in [4.69, 9.17) is 9.47 Å². The number of hydrogen-bond donors (Lipinski definition) is 1. The molecule has 1 aromatic heterocycles. The van der Waals surface area contributed by atoms with Gasteiger partial charge in [0.1, 0.15) is 11.9 Å². The van der Waals surface area contributed by atoms with Gasteiger partial charge in [-0.1, -0.05) is 12.1 Å². The summed E-state index contributed by atoms with van der Waals surface area (Å²) in [6.07, 6.45) is -0.397. The lowest BCUT2D eigenvalue weighted by Crippen LogP contribution is -2.42. The number of aromatic amines is 1. The summed E-state index contributed by atoms with van der Waals surface area (Å²) in [5.41, 5.74) is 1.97. The minimum atomic E-state index is -0.397. The van der Waals surface area contributed by atoms with Crippen molar-refractivity contribution in [3.8, 4) is 0 Å². The Morgan fingerprint density at radius 1 is 1.40 bits per heavy atom. The molecule has 0 unspecified atom stereocenters. The van der Waals surface area contributed by atoms with Crippen molar-refractivity contribution < 1.29 is 14.3 Å². The molecule has 2 heterocycles. The maximum absolute atomic E-state index is 12.7. The van der Waals surface area contributed by atoms with Crippen molar-refractivity contribution in [3.63, 3.8) is 0 Å². The summed E-state index contributed by atoms with van der Waals surface area (Å²) in [5.74, 6) is 0.474. The van der Waals surface area contributed by atoms with Gasteiger partial charge in [0.25, 0.3) is 11.5 Å². The second-order valence-electron chi connectivity index (χ2n) is 6.00. The van der Waals surface area contributed by atoms with Crippen LogP contribution in [-0.4, -0.2) is 47.6 Å². The lowest BCUT2D eigenvalue weighted by molar-refractivity contribution is -0.0249. The zero-order valence-electron chi connectivity index (χ0n) is 14.3. The van der Waals surface area contributed by atoms with Crippen LogP contribution in [0.5, 0.6) is 0 Å². The van der Waals surface area contributed by atoms with Crippen molar-refractivity contribution in [1.29, 1.82) is 0 Å². The maximum Gasteiger partial charge on any atom is 0.254 e. The fourth-order valence-corrected chi connectivity index (χ4v) is 2.87. The first kappa shape index (κ1) is 17.3. The fourth-order valence-electron chi connectivity index (χ4n) is 2.87. The van der Waals surface area contributed by atoms with Crippen LogP contribution in [0.25, 0.3) is 0 Å². The fraction of sp³-hybridized carbons (Fsp3) is 0.389. The molecule has 1 atom stereocenters. The van der Waals surface area contributed by atoms with E-state index in [-0.39, 0.29) is 11.5 Å². The lowest BCUT2D eigenvalue weighted by Gasteiger charge is -2.32. The highest BCUT2D eigenvalue weighted by Gasteiger charge is 2.27. The Kier molecular flexibility index (Phi) is 5.25. The standard InChI is InChI=1S/C18H21N3O4/c1-12-19-15(9-17(22)20-12)16-10-21(7-8-25-16)18(23)14-5-3-13(4-6-14)11-24-2/h3-6,9,16H,7-8,10-11H2,1-2H3,(H,19,20,22)/t16-/m1/s1. The average Bonchev–Trinajstić information content (AvgIpc) is 2.61. The summed E-state index contributed by atoms with van der Waals surface area (Å²) < 4.78 is 10.8. The number of hydrogen-bond acceptors (Lipinski definition) is 5. The number of amides is 1. The summed E-state index contributed by atoms with van der Waals surface area (Å²) in [6, 6.07) is 8.80. The zero-order chi connectivity index (χ0) is 17.8. The van der Waals surface area contributed by atoms with Crippen molar-refractivity contribution in [2.75, 3.05) is 26.8 Å². The number of nitrogens with one attached hydrogen (secondary N) is 1. The summed E-state index contributed by atoms with van der Waals surface area (Å²) in [7, 11) is 1.64. The molecule has 0 bridgehead atoms. The van der Waals surface area contributed by atoms with Crippen molar-refractivity contribution in [1.82, 2.24) is 14.9 Å². The molecule has 2 aromatic rings. The summed E-state index contributed by atoms with van der Waals surface area (Å²) in [5, 5.41) is 0. The van der Waals surface area contributed by atoms with Gasteiger partial charge in [0.15, 0.2) is 0 Å². The van der Waals surface area contributed by atoms with Gasteiger partial charge in [0.2, 0.25) is 0 Å². The molecule has 0 spiro atoms. The van der Waals surface area contributed by atoms with Crippen LogP contribution in [0.2, 0.25) is 0 Å². The number of benzene rings is 1. The predicted molar refractivity (Wildman–Crippen MR) is 91.3 cm³/mol. The van der Waals surface area contributed by atoms with E-state index < -0.39 is 6.10 Å². The van der Waals surface area contributed by atoms with Crippen LogP contribution in [0.3, 0.4) is 0 Å². The van der Waals surface area contributed by atoms with E-state index >= 15 is 0 Å². The third-order valence-electron chi connectivity index (χ3n) is 4.08. The molecule has 25 heavy (non-hydrogen) atoms. The Hall–Kier alpha value is -2.51. The number of aromatic nitrogens is 2. The Morgan fingerprint density at radius 3 is 2.84 bits per heavy atom. The number of rotatable bonds is 4. The third-order valence-corrected chi connectivity index (χ3v) is 4.08. The van der Waals surface area contributed by atoms with E-state index in [1.54, 1.807) is 31.1 Å². The van der Waals surface area contributed by atoms with E-state index in [2.05, 4.69) is 9.97 Å². The number of carbonyl (C=O) groups excluding carboxylic acids is 1. The first-order chi connectivity index (χ1) is 12.1. The van der Waals surface area contributed by atoms with Gasteiger partial charge in [-0.25, -0.2) is 4.98 Å². The van der Waals surface area contributed by atoms with E-state index in [1.165, 1.54) is 6.07 Å². The van der Waals surface area contributed by atoms with Gasteiger partial charge in [-0.2, -0.15) is 0 Å². The largest absolute Gasteiger partial charge is 0.380 e. The highest BCUT2D eigenvalue weighted by atomic mass is 16.5. The molecular weight excluding hydrogens is 322 g/mol. The van der Waals surface area contributed by atoms with Crippen LogP contribution >= 0.6 is 0 Å². The van der Waals surface area contributed by atoms with Gasteiger partial charge in [-0.15, -0.1) is 0 Å². The minimum absolute atomic E-state index is 0.0566. The van der Waals surface area contributed by atoms with Crippen LogP contribution in [0.1, 0.15) is 33.5 Å². The maximum atomic E-state index is 12.7. The van der Waals surface area contributed by atoms with Gasteiger partial charge in [0.05, 0.1) is 25.5 Å². The number of H-pyrrole nitrogens is 1. The van der Waals surface area contributed by atoms with Gasteiger partial charge in [-0.3, -0.25) is 9.59 Å². The third kappa shape index (κ3) is 4.12. The first-order valence-corrected chi connectivity index (χ1v) is 8.13. The molecule has 7 nitrogen and oxygen atoms in total. The molecule has 1 aliphatic heterocycles. The Labute approximate surface area is 145 Å². The number of aryl methyl sites for hydroxylation is 1. The molecule has 1 saturated heterocycles. The molecule has 1 aromatic carbocycles. The quantitative estimate of drug-likeness (QED) is 0.908. The molecule has 3 rings (SSSR count). The number of morpholine rings is 1. The van der Waals surface area contributed by atoms with Gasteiger partial charge in [-0.05, 0) is 24.6 Å². The molecule has 0 radical (unpaired) electrons. The van der Waals surface area contributed by atoms with E-state index in [0.717, 1.165) is 5.56 Å². The summed E-state index contributed by atoms with van der Waals surface area (Å²) in [6.45, 7) is 3.53. The van der Waals surface area contributed by atoms with Crippen LogP contribution in [0, 0.1) is 6.92 Å². The van der Waals surface area contributed by atoms with Gasteiger partial charge >= 0.3 is 0 Å². The molecule has 1 N–H and O–H groups in total. The number of methoxy groups -OCH3 is 1. The number of ether oxygens (including phenoxy) is 2. The smallest absolute Gasteiger partial charge is 0.254 e. The summed E-state index contributed by atoms with van der Waals surface area (Å²) in [4.78, 5) is 33.0. The van der Waals surface area contributed by atoms with Crippen molar-refractivity contribution in [2.24, 2.45) is 0 Å². The predicted octanol–water partition coefficient (Wildman–Crippen LogP) is 1.44. The summed E-state index contributed by atoms with van der Waals surface area (Å²) >= 11 is 0. The topological polar surface area (TPSA) is 84.5 Å². The van der Waals surface area contributed by atoms with E-state index in [1.807, 2.05) is 12.1 Å². The SMILES string of the molecule is COCc1ccc(C(=O)N2CCO[C@@H](c3cc(=O)[nH]c(C)n3)C2)cc1. The lowest BCUT2D eigenvalue weighted by atomic mass is 10.1. The van der Waals surface area contributed by atoms with Crippen LogP contribution in [-0.2, 0) is 16.1 Å². The zero-order valence-corrected chi connectivity index (χ0v) is 14.3. The average molecular weight is 343 g/mol. The van der Waals surface area contributed by atoms with Crippen LogP contribution in [0.4, 0.5) is 0 Å². The molecule has 1 aliphatic rings. The molecule has 7 heteroatoms. The number of nitrogens with zero attached hydrogens (tertiary/aromatic N) is 2.